The predicted molar refractivity (Wildman–Crippen MR) is 83.4 cm³/mol. The summed E-state index contributed by atoms with van der Waals surface area (Å²) in [7, 11) is -4.11. The zero-order valence-corrected chi connectivity index (χ0v) is 12.6. The summed E-state index contributed by atoms with van der Waals surface area (Å²) in [5.41, 5.74) is -1.92. The van der Waals surface area contributed by atoms with Crippen molar-refractivity contribution in [2.75, 3.05) is 6.26 Å². The SMILES string of the molecule is CS(=O)(=O)On1c(=O)c2ccccc2c2cc(F)ccc2c1=O. The number of fused-ring (bicyclic) bond motifs is 3. The standard InChI is InChI=1S/C15H10FNO5S/c1-23(20,21)22-17-14(18)11-5-3-2-4-10(11)13-8-9(16)6-7-12(13)15(17)19/h2-8H,1H3. The predicted octanol–water partition coefficient (Wildman–Crippen LogP) is 1.04. The summed E-state index contributed by atoms with van der Waals surface area (Å²) in [5, 5.41) is 0.515. The van der Waals surface area contributed by atoms with Gasteiger partial charge in [0, 0.05) is 0 Å². The van der Waals surface area contributed by atoms with E-state index in [-0.39, 0.29) is 20.9 Å². The van der Waals surface area contributed by atoms with Gasteiger partial charge >= 0.3 is 10.1 Å². The quantitative estimate of drug-likeness (QED) is 0.699. The summed E-state index contributed by atoms with van der Waals surface area (Å²) >= 11 is 0. The molecule has 0 radical (unpaired) electrons. The van der Waals surface area contributed by atoms with Crippen molar-refractivity contribution in [1.29, 1.82) is 0 Å². The lowest BCUT2D eigenvalue weighted by Crippen LogP contribution is -2.38. The average Bonchev–Trinajstić information content (AvgIpc) is 2.57. The van der Waals surface area contributed by atoms with E-state index in [0.29, 0.717) is 5.39 Å². The van der Waals surface area contributed by atoms with Crippen LogP contribution in [-0.4, -0.2) is 19.4 Å². The first-order valence-electron chi connectivity index (χ1n) is 6.45. The van der Waals surface area contributed by atoms with Gasteiger partial charge in [-0.3, -0.25) is 13.9 Å². The molecule has 0 aliphatic carbocycles. The Bertz CT molecular complexity index is 1170. The summed E-state index contributed by atoms with van der Waals surface area (Å²) in [4.78, 5) is 25.0. The highest BCUT2D eigenvalue weighted by molar-refractivity contribution is 7.86. The van der Waals surface area contributed by atoms with E-state index >= 15 is 0 Å². The third kappa shape index (κ3) is 2.68. The zero-order valence-electron chi connectivity index (χ0n) is 11.8. The molecule has 0 bridgehead atoms. The summed E-state index contributed by atoms with van der Waals surface area (Å²) < 4.78 is 41.0. The van der Waals surface area contributed by atoms with Gasteiger partial charge in [0.25, 0.3) is 11.1 Å². The molecule has 0 unspecified atom stereocenters. The van der Waals surface area contributed by atoms with Crippen LogP contribution in [0.1, 0.15) is 0 Å². The molecule has 0 atom stereocenters. The molecule has 0 fully saturated rings. The number of hydrogen-bond acceptors (Lipinski definition) is 5. The minimum Gasteiger partial charge on any atom is -0.281 e. The third-order valence-electron chi connectivity index (χ3n) is 3.24. The largest absolute Gasteiger partial charge is 0.324 e. The molecule has 0 N–H and O–H groups in total. The van der Waals surface area contributed by atoms with Crippen molar-refractivity contribution in [3.8, 4) is 0 Å². The minimum atomic E-state index is -4.11. The van der Waals surface area contributed by atoms with Gasteiger partial charge in [-0.25, -0.2) is 4.39 Å². The Morgan fingerprint density at radius 1 is 0.913 bits per heavy atom. The Kier molecular flexibility index (Phi) is 3.41. The smallest absolute Gasteiger partial charge is 0.281 e. The van der Waals surface area contributed by atoms with Crippen LogP contribution in [0.25, 0.3) is 21.5 Å². The van der Waals surface area contributed by atoms with E-state index in [9.17, 15) is 22.4 Å². The number of nitrogens with zero attached hydrogens (tertiary/aromatic N) is 1. The summed E-state index contributed by atoms with van der Waals surface area (Å²) in [5.74, 6) is -0.587. The molecule has 6 nitrogen and oxygen atoms in total. The van der Waals surface area contributed by atoms with E-state index in [2.05, 4.69) is 4.28 Å². The van der Waals surface area contributed by atoms with Crippen molar-refractivity contribution in [3.63, 3.8) is 0 Å². The lowest BCUT2D eigenvalue weighted by atomic mass is 10.1. The summed E-state index contributed by atoms with van der Waals surface area (Å²) in [6.07, 6.45) is 0.718. The third-order valence-corrected chi connectivity index (χ3v) is 3.66. The molecular weight excluding hydrogens is 325 g/mol. The zero-order chi connectivity index (χ0) is 16.8. The highest BCUT2D eigenvalue weighted by Gasteiger charge is 2.15. The van der Waals surface area contributed by atoms with Gasteiger partial charge in [0.05, 0.1) is 17.0 Å². The van der Waals surface area contributed by atoms with Crippen molar-refractivity contribution >= 4 is 31.7 Å². The molecule has 1 aromatic heterocycles. The first-order valence-corrected chi connectivity index (χ1v) is 8.27. The van der Waals surface area contributed by atoms with Crippen LogP contribution in [0.5, 0.6) is 0 Å². The maximum Gasteiger partial charge on any atom is 0.324 e. The lowest BCUT2D eigenvalue weighted by molar-refractivity contribution is 0.264. The number of benzene rings is 2. The highest BCUT2D eigenvalue weighted by atomic mass is 32.2. The van der Waals surface area contributed by atoms with Gasteiger partial charge < -0.3 is 0 Å². The molecule has 23 heavy (non-hydrogen) atoms. The van der Waals surface area contributed by atoms with E-state index in [1.807, 2.05) is 0 Å². The van der Waals surface area contributed by atoms with Crippen molar-refractivity contribution in [1.82, 2.24) is 4.73 Å². The Labute approximate surface area is 129 Å². The van der Waals surface area contributed by atoms with Gasteiger partial charge in [-0.05, 0) is 35.0 Å². The minimum absolute atomic E-state index is 0.0339. The van der Waals surface area contributed by atoms with Crippen LogP contribution in [0.15, 0.2) is 52.1 Å². The number of halogens is 1. The normalized spacial score (nSPS) is 11.7. The number of rotatable bonds is 2. The first kappa shape index (κ1) is 15.2. The average molecular weight is 335 g/mol. The van der Waals surface area contributed by atoms with Gasteiger partial charge in [-0.15, -0.1) is 0 Å². The Morgan fingerprint density at radius 2 is 1.48 bits per heavy atom. The molecule has 0 aliphatic rings. The van der Waals surface area contributed by atoms with Crippen LogP contribution in [0.2, 0.25) is 0 Å². The molecule has 0 amide bonds. The molecule has 0 spiro atoms. The Balaban J connectivity index is 2.68. The van der Waals surface area contributed by atoms with Crippen molar-refractivity contribution in [3.05, 3.63) is 69.0 Å². The second kappa shape index (κ2) is 5.17. The van der Waals surface area contributed by atoms with E-state index in [1.165, 1.54) is 12.1 Å². The fraction of sp³-hybridized carbons (Fsp3) is 0.0667. The first-order chi connectivity index (χ1) is 10.8. The molecule has 118 valence electrons. The van der Waals surface area contributed by atoms with Crippen molar-refractivity contribution < 1.29 is 17.1 Å². The van der Waals surface area contributed by atoms with E-state index in [1.54, 1.807) is 18.2 Å². The van der Waals surface area contributed by atoms with Crippen LogP contribution in [0, 0.1) is 5.82 Å². The Hall–Kier alpha value is -2.74. The van der Waals surface area contributed by atoms with Crippen LogP contribution in [0.4, 0.5) is 4.39 Å². The van der Waals surface area contributed by atoms with E-state index in [0.717, 1.165) is 18.4 Å². The van der Waals surface area contributed by atoms with Gasteiger partial charge in [-0.1, -0.05) is 22.9 Å². The van der Waals surface area contributed by atoms with Gasteiger partial charge in [0.1, 0.15) is 5.82 Å². The lowest BCUT2D eigenvalue weighted by Gasteiger charge is -2.01. The number of hydrogen-bond donors (Lipinski definition) is 0. The molecule has 0 aliphatic heterocycles. The molecule has 3 rings (SSSR count). The second-order valence-electron chi connectivity index (χ2n) is 4.92. The number of aromatic nitrogens is 1. The van der Waals surface area contributed by atoms with Crippen molar-refractivity contribution in [2.45, 2.75) is 0 Å². The fourth-order valence-corrected chi connectivity index (χ4v) is 2.75. The van der Waals surface area contributed by atoms with Crippen molar-refractivity contribution in [2.24, 2.45) is 0 Å². The Morgan fingerprint density at radius 3 is 2.09 bits per heavy atom. The molecular formula is C15H10FNO5S. The van der Waals surface area contributed by atoms with Crippen LogP contribution in [-0.2, 0) is 10.1 Å². The van der Waals surface area contributed by atoms with Crippen LogP contribution < -0.4 is 15.4 Å². The van der Waals surface area contributed by atoms with Gasteiger partial charge in [0.2, 0.25) is 0 Å². The highest BCUT2D eigenvalue weighted by Crippen LogP contribution is 2.20. The topological polar surface area (TPSA) is 82.4 Å². The molecule has 3 aromatic rings. The molecule has 1 heterocycles. The van der Waals surface area contributed by atoms with Gasteiger partial charge in [0.15, 0.2) is 0 Å². The second-order valence-corrected chi connectivity index (χ2v) is 6.48. The van der Waals surface area contributed by atoms with Crippen LogP contribution >= 0.6 is 0 Å². The monoisotopic (exact) mass is 335 g/mol. The molecule has 0 saturated heterocycles. The molecule has 2 aromatic carbocycles. The fourth-order valence-electron chi connectivity index (χ4n) is 2.34. The maximum absolute atomic E-state index is 13.6. The van der Waals surface area contributed by atoms with Crippen LogP contribution in [0.3, 0.4) is 0 Å². The van der Waals surface area contributed by atoms with E-state index in [4.69, 9.17) is 0 Å². The molecule has 0 saturated carbocycles. The summed E-state index contributed by atoms with van der Waals surface area (Å²) in [6, 6.07) is 9.47. The molecule has 8 heteroatoms. The van der Waals surface area contributed by atoms with E-state index < -0.39 is 27.1 Å². The maximum atomic E-state index is 13.6. The summed E-state index contributed by atoms with van der Waals surface area (Å²) in [6.45, 7) is 0. The van der Waals surface area contributed by atoms with Gasteiger partial charge in [-0.2, -0.15) is 8.42 Å².